The van der Waals surface area contributed by atoms with Gasteiger partial charge in [-0.05, 0) is 36.8 Å². The smallest absolute Gasteiger partial charge is 0.251 e. The minimum absolute atomic E-state index is 0.292. The molecule has 8 nitrogen and oxygen atoms in total. The summed E-state index contributed by atoms with van der Waals surface area (Å²) >= 11 is 0. The molecule has 0 radical (unpaired) electrons. The van der Waals surface area contributed by atoms with E-state index in [1.165, 1.54) is 0 Å². The van der Waals surface area contributed by atoms with Crippen LogP contribution in [0.25, 0.3) is 0 Å². The number of carbonyl (C=O) groups excluding carboxylic acids is 2. The Bertz CT molecular complexity index is 1170. The van der Waals surface area contributed by atoms with Gasteiger partial charge in [-0.2, -0.15) is 5.10 Å². The summed E-state index contributed by atoms with van der Waals surface area (Å²) in [5.41, 5.74) is 2.99. The van der Waals surface area contributed by atoms with Crippen molar-refractivity contribution in [3.8, 4) is 11.5 Å². The summed E-state index contributed by atoms with van der Waals surface area (Å²) in [4.78, 5) is 26.0. The highest BCUT2D eigenvalue weighted by atomic mass is 16.6. The summed E-state index contributed by atoms with van der Waals surface area (Å²) in [5.74, 6) is 0.899. The first kappa shape index (κ1) is 19.2. The van der Waals surface area contributed by atoms with Crippen molar-refractivity contribution in [1.82, 2.24) is 15.1 Å². The van der Waals surface area contributed by atoms with Crippen molar-refractivity contribution in [3.63, 3.8) is 0 Å². The zero-order valence-electron chi connectivity index (χ0n) is 17.2. The predicted molar refractivity (Wildman–Crippen MR) is 114 cm³/mol. The topological polar surface area (TPSA) is 94.5 Å². The molecule has 2 unspecified atom stereocenters. The number of benzene rings is 2. The molecule has 0 bridgehead atoms. The summed E-state index contributed by atoms with van der Waals surface area (Å²) in [6, 6.07) is 13.7. The third kappa shape index (κ3) is 3.30. The maximum Gasteiger partial charge on any atom is 0.251 e. The molecule has 2 N–H and O–H groups in total. The molecule has 2 aliphatic rings. The number of fused-ring (bicyclic) bond motifs is 2. The summed E-state index contributed by atoms with van der Waals surface area (Å²) in [6.07, 6.45) is 0. The van der Waals surface area contributed by atoms with E-state index in [1.54, 1.807) is 36.0 Å². The van der Waals surface area contributed by atoms with E-state index in [9.17, 15) is 9.59 Å². The van der Waals surface area contributed by atoms with Crippen LogP contribution < -0.4 is 20.1 Å². The maximum atomic E-state index is 13.1. The minimum Gasteiger partial charge on any atom is -0.486 e. The van der Waals surface area contributed by atoms with Gasteiger partial charge in [0.05, 0.1) is 5.69 Å². The first-order chi connectivity index (χ1) is 15.0. The van der Waals surface area contributed by atoms with Crippen molar-refractivity contribution >= 4 is 17.6 Å². The number of nitrogens with zero attached hydrogens (tertiary/aromatic N) is 2. The van der Waals surface area contributed by atoms with Crippen LogP contribution in [-0.2, 0) is 11.8 Å². The SMILES string of the molecule is Cc1nn(C)c2c1C(c1ccc3c(c1)OCCO3)C(NC(=O)c1ccccc1)C(=O)N2. The molecule has 0 aliphatic carbocycles. The average Bonchev–Trinajstić information content (AvgIpc) is 3.07. The van der Waals surface area contributed by atoms with Crippen molar-refractivity contribution in [2.45, 2.75) is 18.9 Å². The summed E-state index contributed by atoms with van der Waals surface area (Å²) in [5, 5.41) is 10.3. The van der Waals surface area contributed by atoms with E-state index in [2.05, 4.69) is 15.7 Å². The first-order valence-corrected chi connectivity index (χ1v) is 10.1. The number of hydrogen-bond donors (Lipinski definition) is 2. The van der Waals surface area contributed by atoms with Crippen LogP contribution in [0, 0.1) is 6.92 Å². The molecule has 2 aliphatic heterocycles. The number of aryl methyl sites for hydroxylation is 2. The Labute approximate surface area is 179 Å². The van der Waals surface area contributed by atoms with E-state index in [4.69, 9.17) is 9.47 Å². The van der Waals surface area contributed by atoms with E-state index >= 15 is 0 Å². The fraction of sp³-hybridized carbons (Fsp3) is 0.261. The van der Waals surface area contributed by atoms with Crippen LogP contribution in [0.15, 0.2) is 48.5 Å². The lowest BCUT2D eigenvalue weighted by Gasteiger charge is -2.33. The van der Waals surface area contributed by atoms with Crippen molar-refractivity contribution in [2.75, 3.05) is 18.5 Å². The standard InChI is InChI=1S/C23H22N4O4/c1-13-18-19(15-8-9-16-17(12-15)31-11-10-30-16)20(23(29)25-21(18)27(2)26-13)24-22(28)14-6-4-3-5-7-14/h3-9,12,19-20H,10-11H2,1-2H3,(H,24,28)(H,25,29). The van der Waals surface area contributed by atoms with Crippen molar-refractivity contribution in [3.05, 3.63) is 70.9 Å². The second-order valence-electron chi connectivity index (χ2n) is 7.66. The van der Waals surface area contributed by atoms with Gasteiger partial charge in [-0.1, -0.05) is 24.3 Å². The van der Waals surface area contributed by atoms with Crippen LogP contribution in [0.1, 0.15) is 33.1 Å². The Kier molecular flexibility index (Phi) is 4.62. The molecular weight excluding hydrogens is 396 g/mol. The number of aromatic nitrogens is 2. The molecule has 2 atom stereocenters. The molecule has 0 fully saturated rings. The fourth-order valence-electron chi connectivity index (χ4n) is 4.28. The van der Waals surface area contributed by atoms with Gasteiger partial charge in [0, 0.05) is 24.1 Å². The van der Waals surface area contributed by atoms with Gasteiger partial charge in [-0.25, -0.2) is 0 Å². The monoisotopic (exact) mass is 418 g/mol. The molecule has 2 amide bonds. The number of rotatable bonds is 3. The second-order valence-corrected chi connectivity index (χ2v) is 7.66. The molecular formula is C23H22N4O4. The lowest BCUT2D eigenvalue weighted by atomic mass is 9.81. The van der Waals surface area contributed by atoms with Gasteiger partial charge >= 0.3 is 0 Å². The molecule has 2 aromatic carbocycles. The maximum absolute atomic E-state index is 13.1. The lowest BCUT2D eigenvalue weighted by molar-refractivity contribution is -0.118. The van der Waals surface area contributed by atoms with Gasteiger partial charge < -0.3 is 20.1 Å². The molecule has 8 heteroatoms. The van der Waals surface area contributed by atoms with Gasteiger partial charge in [-0.15, -0.1) is 0 Å². The van der Waals surface area contributed by atoms with Crippen LogP contribution in [0.3, 0.4) is 0 Å². The Morgan fingerprint density at radius 2 is 1.87 bits per heavy atom. The van der Waals surface area contributed by atoms with Crippen LogP contribution in [0.4, 0.5) is 5.82 Å². The first-order valence-electron chi connectivity index (χ1n) is 10.1. The number of hydrogen-bond acceptors (Lipinski definition) is 5. The molecule has 0 spiro atoms. The normalized spacial score (nSPS) is 19.4. The van der Waals surface area contributed by atoms with Crippen LogP contribution in [-0.4, -0.2) is 40.9 Å². The van der Waals surface area contributed by atoms with Crippen LogP contribution >= 0.6 is 0 Å². The molecule has 3 heterocycles. The second kappa shape index (κ2) is 7.46. The Morgan fingerprint density at radius 3 is 2.65 bits per heavy atom. The summed E-state index contributed by atoms with van der Waals surface area (Å²) in [7, 11) is 1.79. The van der Waals surface area contributed by atoms with Crippen LogP contribution in [0.2, 0.25) is 0 Å². The third-order valence-electron chi connectivity index (χ3n) is 5.68. The number of amides is 2. The van der Waals surface area contributed by atoms with E-state index in [0.29, 0.717) is 36.1 Å². The fourth-order valence-corrected chi connectivity index (χ4v) is 4.28. The lowest BCUT2D eigenvalue weighted by Crippen LogP contribution is -2.50. The zero-order chi connectivity index (χ0) is 21.5. The molecule has 5 rings (SSSR count). The molecule has 3 aromatic rings. The highest BCUT2D eigenvalue weighted by Gasteiger charge is 2.41. The highest BCUT2D eigenvalue weighted by molar-refractivity contribution is 6.03. The van der Waals surface area contributed by atoms with E-state index in [1.807, 2.05) is 31.2 Å². The van der Waals surface area contributed by atoms with E-state index in [0.717, 1.165) is 16.8 Å². The quantitative estimate of drug-likeness (QED) is 0.681. The number of ether oxygens (including phenoxy) is 2. The van der Waals surface area contributed by atoms with Gasteiger partial charge in [0.2, 0.25) is 5.91 Å². The summed E-state index contributed by atoms with van der Waals surface area (Å²) < 4.78 is 13.1. The summed E-state index contributed by atoms with van der Waals surface area (Å²) in [6.45, 7) is 2.87. The van der Waals surface area contributed by atoms with E-state index < -0.39 is 12.0 Å². The highest BCUT2D eigenvalue weighted by Crippen LogP contribution is 2.42. The van der Waals surface area contributed by atoms with Gasteiger partial charge in [0.1, 0.15) is 25.1 Å². The predicted octanol–water partition coefficient (Wildman–Crippen LogP) is 2.38. The van der Waals surface area contributed by atoms with Gasteiger partial charge in [-0.3, -0.25) is 14.3 Å². The largest absolute Gasteiger partial charge is 0.486 e. The zero-order valence-corrected chi connectivity index (χ0v) is 17.2. The van der Waals surface area contributed by atoms with Gasteiger partial charge in [0.25, 0.3) is 5.91 Å². The molecule has 1 aromatic heterocycles. The van der Waals surface area contributed by atoms with Gasteiger partial charge in [0.15, 0.2) is 11.5 Å². The van der Waals surface area contributed by atoms with Crippen molar-refractivity contribution in [1.29, 1.82) is 0 Å². The van der Waals surface area contributed by atoms with Crippen molar-refractivity contribution in [2.24, 2.45) is 7.05 Å². The van der Waals surface area contributed by atoms with Crippen molar-refractivity contribution < 1.29 is 19.1 Å². The third-order valence-corrected chi connectivity index (χ3v) is 5.68. The minimum atomic E-state index is -0.814. The number of nitrogens with one attached hydrogen (secondary N) is 2. The Morgan fingerprint density at radius 1 is 1.13 bits per heavy atom. The number of anilines is 1. The molecule has 0 saturated carbocycles. The molecule has 0 saturated heterocycles. The average molecular weight is 418 g/mol. The number of carbonyl (C=O) groups is 2. The Hall–Kier alpha value is -3.81. The molecule has 31 heavy (non-hydrogen) atoms. The van der Waals surface area contributed by atoms with E-state index in [-0.39, 0.29) is 11.8 Å². The Balaban J connectivity index is 1.60. The van der Waals surface area contributed by atoms with Crippen LogP contribution in [0.5, 0.6) is 11.5 Å². The molecule has 158 valence electrons.